The zero-order chi connectivity index (χ0) is 16.7. The van der Waals surface area contributed by atoms with Crippen molar-refractivity contribution in [1.82, 2.24) is 24.5 Å². The first kappa shape index (κ1) is 14.9. The first-order valence-corrected chi connectivity index (χ1v) is 8.39. The van der Waals surface area contributed by atoms with Crippen molar-refractivity contribution in [3.63, 3.8) is 0 Å². The van der Waals surface area contributed by atoms with E-state index in [0.717, 1.165) is 23.9 Å². The minimum Gasteiger partial charge on any atom is -0.336 e. The minimum absolute atomic E-state index is 0.0564. The molecular formula is C18H21N5O. The van der Waals surface area contributed by atoms with E-state index >= 15 is 0 Å². The molecule has 0 bridgehead atoms. The van der Waals surface area contributed by atoms with E-state index in [2.05, 4.69) is 40.9 Å². The van der Waals surface area contributed by atoms with Gasteiger partial charge in [-0.15, -0.1) is 0 Å². The Morgan fingerprint density at radius 1 is 1.21 bits per heavy atom. The second kappa shape index (κ2) is 5.78. The molecular weight excluding hydrogens is 302 g/mol. The summed E-state index contributed by atoms with van der Waals surface area (Å²) in [6, 6.07) is 8.68. The number of hydrogen-bond donors (Lipinski definition) is 0. The second-order valence-corrected chi connectivity index (χ2v) is 6.64. The molecule has 3 heterocycles. The normalized spacial score (nSPS) is 18.0. The Bertz CT molecular complexity index is 878. The largest absolute Gasteiger partial charge is 0.336 e. The lowest BCUT2D eigenvalue weighted by atomic mass is 10.2. The highest BCUT2D eigenvalue weighted by atomic mass is 16.2. The van der Waals surface area contributed by atoms with E-state index in [-0.39, 0.29) is 18.0 Å². The van der Waals surface area contributed by atoms with Gasteiger partial charge in [-0.3, -0.25) is 14.2 Å². The summed E-state index contributed by atoms with van der Waals surface area (Å²) in [7, 11) is 0. The predicted octanol–water partition coefficient (Wildman–Crippen LogP) is 2.90. The third-order valence-electron chi connectivity index (χ3n) is 4.68. The highest BCUT2D eigenvalue weighted by molar-refractivity contribution is 5.94. The maximum atomic E-state index is 12.7. The predicted molar refractivity (Wildman–Crippen MR) is 91.9 cm³/mol. The lowest BCUT2D eigenvalue weighted by Crippen LogP contribution is -2.29. The number of fused-ring (bicyclic) bond motifs is 1. The SMILES string of the molecule is CC(C)n1cc(C(=O)N2CC[C@@H](n3ncc4ccccc43)C2)cn1. The van der Waals surface area contributed by atoms with Crippen LogP contribution in [0.5, 0.6) is 0 Å². The molecule has 0 radical (unpaired) electrons. The van der Waals surface area contributed by atoms with Crippen LogP contribution in [0.4, 0.5) is 0 Å². The van der Waals surface area contributed by atoms with Crippen molar-refractivity contribution < 1.29 is 4.79 Å². The molecule has 1 aliphatic heterocycles. The number of hydrogen-bond acceptors (Lipinski definition) is 3. The molecule has 6 nitrogen and oxygen atoms in total. The lowest BCUT2D eigenvalue weighted by molar-refractivity contribution is 0.0787. The number of carbonyl (C=O) groups excluding carboxylic acids is 1. The monoisotopic (exact) mass is 323 g/mol. The maximum Gasteiger partial charge on any atom is 0.257 e. The Hall–Kier alpha value is -2.63. The van der Waals surface area contributed by atoms with Gasteiger partial charge in [-0.2, -0.15) is 10.2 Å². The van der Waals surface area contributed by atoms with E-state index in [9.17, 15) is 4.79 Å². The second-order valence-electron chi connectivity index (χ2n) is 6.64. The van der Waals surface area contributed by atoms with Crippen LogP contribution < -0.4 is 0 Å². The maximum absolute atomic E-state index is 12.7. The average molecular weight is 323 g/mol. The molecule has 0 aliphatic carbocycles. The van der Waals surface area contributed by atoms with Crippen LogP contribution in [0.2, 0.25) is 0 Å². The van der Waals surface area contributed by atoms with Crippen molar-refractivity contribution in [2.75, 3.05) is 13.1 Å². The van der Waals surface area contributed by atoms with Crippen molar-refractivity contribution >= 4 is 16.8 Å². The van der Waals surface area contributed by atoms with E-state index < -0.39 is 0 Å². The molecule has 1 atom stereocenters. The van der Waals surface area contributed by atoms with Crippen molar-refractivity contribution in [2.45, 2.75) is 32.4 Å². The van der Waals surface area contributed by atoms with Crippen LogP contribution in [0.25, 0.3) is 10.9 Å². The molecule has 124 valence electrons. The van der Waals surface area contributed by atoms with Crippen LogP contribution in [0.15, 0.2) is 42.9 Å². The molecule has 0 spiro atoms. The van der Waals surface area contributed by atoms with Crippen molar-refractivity contribution in [3.8, 4) is 0 Å². The third kappa shape index (κ3) is 2.48. The fourth-order valence-electron chi connectivity index (χ4n) is 3.32. The number of benzene rings is 1. The molecule has 1 amide bonds. The standard InChI is InChI=1S/C18H21N5O/c1-13(2)22-11-15(10-19-22)18(24)21-8-7-16(12-21)23-17-6-4-3-5-14(17)9-20-23/h3-6,9-11,13,16H,7-8,12H2,1-2H3/t16-/m1/s1. The minimum atomic E-state index is 0.0564. The van der Waals surface area contributed by atoms with Gasteiger partial charge in [0.1, 0.15) is 0 Å². The summed E-state index contributed by atoms with van der Waals surface area (Å²) in [6.07, 6.45) is 6.32. The van der Waals surface area contributed by atoms with Gasteiger partial charge in [0.05, 0.1) is 29.5 Å². The molecule has 24 heavy (non-hydrogen) atoms. The zero-order valence-electron chi connectivity index (χ0n) is 14.0. The molecule has 3 aromatic rings. The number of para-hydroxylation sites is 1. The molecule has 6 heteroatoms. The lowest BCUT2D eigenvalue weighted by Gasteiger charge is -2.16. The first-order valence-electron chi connectivity index (χ1n) is 8.39. The summed E-state index contributed by atoms with van der Waals surface area (Å²) < 4.78 is 3.88. The Kier molecular flexibility index (Phi) is 3.59. The summed E-state index contributed by atoms with van der Waals surface area (Å²) in [6.45, 7) is 5.55. The third-order valence-corrected chi connectivity index (χ3v) is 4.68. The quantitative estimate of drug-likeness (QED) is 0.745. The topological polar surface area (TPSA) is 56.0 Å². The molecule has 2 aromatic heterocycles. The number of aromatic nitrogens is 4. The number of nitrogens with zero attached hydrogens (tertiary/aromatic N) is 5. The van der Waals surface area contributed by atoms with Gasteiger partial charge in [0.25, 0.3) is 5.91 Å². The van der Waals surface area contributed by atoms with Gasteiger partial charge in [-0.25, -0.2) is 0 Å². The Balaban J connectivity index is 1.52. The molecule has 4 rings (SSSR count). The van der Waals surface area contributed by atoms with Gasteiger partial charge < -0.3 is 4.90 Å². The van der Waals surface area contributed by atoms with Crippen LogP contribution in [0.1, 0.15) is 42.7 Å². The van der Waals surface area contributed by atoms with Crippen molar-refractivity contribution in [1.29, 1.82) is 0 Å². The van der Waals surface area contributed by atoms with Gasteiger partial charge >= 0.3 is 0 Å². The van der Waals surface area contributed by atoms with Crippen LogP contribution >= 0.6 is 0 Å². The highest BCUT2D eigenvalue weighted by Gasteiger charge is 2.29. The number of amides is 1. The molecule has 1 fully saturated rings. The van der Waals surface area contributed by atoms with E-state index in [4.69, 9.17) is 0 Å². The fraction of sp³-hybridized carbons (Fsp3) is 0.389. The highest BCUT2D eigenvalue weighted by Crippen LogP contribution is 2.26. The molecule has 1 aromatic carbocycles. The van der Waals surface area contributed by atoms with Gasteiger partial charge in [0.15, 0.2) is 0 Å². The summed E-state index contributed by atoms with van der Waals surface area (Å²) >= 11 is 0. The number of rotatable bonds is 3. The van der Waals surface area contributed by atoms with Gasteiger partial charge in [-0.1, -0.05) is 18.2 Å². The first-order chi connectivity index (χ1) is 11.6. The number of carbonyl (C=O) groups is 1. The van der Waals surface area contributed by atoms with Gasteiger partial charge in [-0.05, 0) is 26.3 Å². The molecule has 0 N–H and O–H groups in total. The van der Waals surface area contributed by atoms with E-state index in [1.54, 1.807) is 6.20 Å². The van der Waals surface area contributed by atoms with Crippen LogP contribution in [-0.4, -0.2) is 43.5 Å². The smallest absolute Gasteiger partial charge is 0.257 e. The van der Waals surface area contributed by atoms with E-state index in [1.807, 2.05) is 34.1 Å². The summed E-state index contributed by atoms with van der Waals surface area (Å²) in [5.41, 5.74) is 1.79. The number of likely N-dealkylation sites (tertiary alicyclic amines) is 1. The Labute approximate surface area is 140 Å². The average Bonchev–Trinajstić information content (AvgIpc) is 3.32. The Morgan fingerprint density at radius 2 is 2.04 bits per heavy atom. The van der Waals surface area contributed by atoms with Gasteiger partial charge in [0.2, 0.25) is 0 Å². The Morgan fingerprint density at radius 3 is 2.83 bits per heavy atom. The van der Waals surface area contributed by atoms with Gasteiger partial charge in [0, 0.05) is 30.7 Å². The van der Waals surface area contributed by atoms with Crippen LogP contribution in [0, 0.1) is 0 Å². The zero-order valence-corrected chi connectivity index (χ0v) is 14.0. The van der Waals surface area contributed by atoms with E-state index in [0.29, 0.717) is 12.1 Å². The summed E-state index contributed by atoms with van der Waals surface area (Å²) in [5.74, 6) is 0.0564. The summed E-state index contributed by atoms with van der Waals surface area (Å²) in [5, 5.41) is 9.94. The molecule has 1 aliphatic rings. The molecule has 0 saturated carbocycles. The molecule has 0 unspecified atom stereocenters. The van der Waals surface area contributed by atoms with Crippen molar-refractivity contribution in [2.24, 2.45) is 0 Å². The van der Waals surface area contributed by atoms with E-state index in [1.165, 1.54) is 0 Å². The molecule has 1 saturated heterocycles. The van der Waals surface area contributed by atoms with Crippen LogP contribution in [-0.2, 0) is 0 Å². The van der Waals surface area contributed by atoms with Crippen LogP contribution in [0.3, 0.4) is 0 Å². The summed E-state index contributed by atoms with van der Waals surface area (Å²) in [4.78, 5) is 14.6. The van der Waals surface area contributed by atoms with Crippen molar-refractivity contribution in [3.05, 3.63) is 48.4 Å². The fourth-order valence-corrected chi connectivity index (χ4v) is 3.32.